The Hall–Kier alpha value is -0.610. The van der Waals surface area contributed by atoms with Crippen LogP contribution in [0.15, 0.2) is 0 Å². The van der Waals surface area contributed by atoms with Crippen molar-refractivity contribution in [2.75, 3.05) is 13.7 Å². The van der Waals surface area contributed by atoms with Crippen molar-refractivity contribution in [3.63, 3.8) is 0 Å². The minimum Gasteiger partial charge on any atom is -0.378 e. The third-order valence-electron chi connectivity index (χ3n) is 6.39. The Labute approximate surface area is 135 Å². The Morgan fingerprint density at radius 1 is 1.23 bits per heavy atom. The summed E-state index contributed by atoms with van der Waals surface area (Å²) in [6.45, 7) is 7.27. The van der Waals surface area contributed by atoms with Crippen molar-refractivity contribution in [3.05, 3.63) is 0 Å². The topological polar surface area (TPSA) is 41.6 Å². The fraction of sp³-hybridized carbons (Fsp3) is 0.944. The van der Waals surface area contributed by atoms with Crippen molar-refractivity contribution in [2.45, 2.75) is 83.5 Å². The van der Waals surface area contributed by atoms with Crippen molar-refractivity contribution in [3.8, 4) is 0 Å². The number of ether oxygens (including phenoxy) is 1. The first-order chi connectivity index (χ1) is 10.4. The van der Waals surface area contributed by atoms with E-state index in [9.17, 15) is 4.79 Å². The first-order valence-electron chi connectivity index (χ1n) is 9.05. The van der Waals surface area contributed by atoms with Crippen LogP contribution >= 0.6 is 0 Å². The molecule has 1 aliphatic carbocycles. The minimum absolute atomic E-state index is 0.0770. The lowest BCUT2D eigenvalue weighted by Crippen LogP contribution is -2.62. The van der Waals surface area contributed by atoms with Gasteiger partial charge in [0.15, 0.2) is 0 Å². The number of nitrogens with one attached hydrogen (secondary N) is 1. The van der Waals surface area contributed by atoms with Crippen molar-refractivity contribution < 1.29 is 9.53 Å². The molecule has 4 heteroatoms. The molecule has 3 aliphatic rings. The summed E-state index contributed by atoms with van der Waals surface area (Å²) in [5.74, 6) is 0.916. The summed E-state index contributed by atoms with van der Waals surface area (Å²) in [6, 6.07) is 1.67. The molecule has 2 saturated heterocycles. The molecule has 0 aromatic heterocycles. The molecule has 126 valence electrons. The van der Waals surface area contributed by atoms with Gasteiger partial charge in [0.05, 0.1) is 6.10 Å². The summed E-state index contributed by atoms with van der Waals surface area (Å²) in [7, 11) is 1.99. The van der Waals surface area contributed by atoms with Gasteiger partial charge in [-0.3, -0.25) is 4.79 Å². The van der Waals surface area contributed by atoms with Gasteiger partial charge in [-0.1, -0.05) is 13.8 Å². The van der Waals surface area contributed by atoms with E-state index in [2.05, 4.69) is 19.2 Å². The van der Waals surface area contributed by atoms with Gasteiger partial charge in [0, 0.05) is 43.6 Å². The van der Waals surface area contributed by atoms with Gasteiger partial charge in [-0.05, 0) is 44.9 Å². The Morgan fingerprint density at radius 3 is 2.41 bits per heavy atom. The first kappa shape index (κ1) is 16.3. The van der Waals surface area contributed by atoms with E-state index in [0.717, 1.165) is 19.4 Å². The standard InChI is InChI=1S/C18H32N2O2/c1-5-22-16-11-15(18(16,2)3)20(4)17(21)10-12-8-13-6-7-14(9-12)19-13/h12-16,19H,5-11H2,1-4H3. The van der Waals surface area contributed by atoms with E-state index < -0.39 is 0 Å². The van der Waals surface area contributed by atoms with E-state index in [1.54, 1.807) is 0 Å². The lowest BCUT2D eigenvalue weighted by Gasteiger charge is -2.55. The molecular formula is C18H32N2O2. The highest BCUT2D eigenvalue weighted by molar-refractivity contribution is 5.76. The number of fused-ring (bicyclic) bond motifs is 2. The first-order valence-corrected chi connectivity index (χ1v) is 9.05. The Balaban J connectivity index is 1.52. The number of carbonyl (C=O) groups excluding carboxylic acids is 1. The molecule has 4 atom stereocenters. The van der Waals surface area contributed by atoms with Crippen LogP contribution in [-0.4, -0.2) is 48.7 Å². The summed E-state index contributed by atoms with van der Waals surface area (Å²) in [6.07, 6.45) is 7.00. The van der Waals surface area contributed by atoms with Crippen LogP contribution in [0.2, 0.25) is 0 Å². The lowest BCUT2D eigenvalue weighted by atomic mass is 9.63. The van der Waals surface area contributed by atoms with E-state index in [4.69, 9.17) is 4.74 Å². The molecule has 0 spiro atoms. The third kappa shape index (κ3) is 2.92. The number of rotatable bonds is 5. The van der Waals surface area contributed by atoms with Crippen LogP contribution < -0.4 is 5.32 Å². The van der Waals surface area contributed by atoms with Gasteiger partial charge in [0.25, 0.3) is 0 Å². The van der Waals surface area contributed by atoms with Crippen LogP contribution in [0.5, 0.6) is 0 Å². The Kier molecular flexibility index (Phi) is 4.52. The Morgan fingerprint density at radius 2 is 1.86 bits per heavy atom. The fourth-order valence-corrected chi connectivity index (χ4v) is 4.91. The molecule has 2 heterocycles. The maximum absolute atomic E-state index is 12.7. The van der Waals surface area contributed by atoms with Crippen LogP contribution in [0.25, 0.3) is 0 Å². The van der Waals surface area contributed by atoms with Gasteiger partial charge in [-0.2, -0.15) is 0 Å². The van der Waals surface area contributed by atoms with Crippen LogP contribution in [0.1, 0.15) is 59.3 Å². The maximum Gasteiger partial charge on any atom is 0.222 e. The lowest BCUT2D eigenvalue weighted by molar-refractivity contribution is -0.164. The molecular weight excluding hydrogens is 276 g/mol. The fourth-order valence-electron chi connectivity index (χ4n) is 4.91. The SMILES string of the molecule is CCOC1CC(N(C)C(=O)CC2CC3CCC(C2)N3)C1(C)C. The average molecular weight is 308 g/mol. The quantitative estimate of drug-likeness (QED) is 0.849. The van der Waals surface area contributed by atoms with Gasteiger partial charge in [0.2, 0.25) is 5.91 Å². The van der Waals surface area contributed by atoms with Gasteiger partial charge in [-0.15, -0.1) is 0 Å². The second-order valence-corrected chi connectivity index (χ2v) is 8.20. The second kappa shape index (κ2) is 6.12. The number of piperidine rings is 1. The van der Waals surface area contributed by atoms with Crippen LogP contribution in [0.3, 0.4) is 0 Å². The highest BCUT2D eigenvalue weighted by Crippen LogP contribution is 2.45. The van der Waals surface area contributed by atoms with Crippen LogP contribution in [0, 0.1) is 11.3 Å². The summed E-state index contributed by atoms with van der Waals surface area (Å²) in [5.41, 5.74) is 0.0770. The van der Waals surface area contributed by atoms with Gasteiger partial charge >= 0.3 is 0 Å². The van der Waals surface area contributed by atoms with E-state index in [0.29, 0.717) is 36.1 Å². The normalized spacial score (nSPS) is 39.4. The maximum atomic E-state index is 12.7. The van der Waals surface area contributed by atoms with E-state index in [-0.39, 0.29) is 5.41 Å². The number of carbonyl (C=O) groups is 1. The van der Waals surface area contributed by atoms with Gasteiger partial charge < -0.3 is 15.0 Å². The number of nitrogens with zero attached hydrogens (tertiary/aromatic N) is 1. The summed E-state index contributed by atoms with van der Waals surface area (Å²) < 4.78 is 5.79. The molecule has 4 unspecified atom stereocenters. The minimum atomic E-state index is 0.0770. The van der Waals surface area contributed by atoms with E-state index in [1.807, 2.05) is 18.9 Å². The van der Waals surface area contributed by atoms with Crippen molar-refractivity contribution in [1.82, 2.24) is 10.2 Å². The number of amides is 1. The summed E-state index contributed by atoms with van der Waals surface area (Å²) >= 11 is 0. The zero-order valence-electron chi connectivity index (χ0n) is 14.6. The molecule has 0 radical (unpaired) electrons. The Bertz CT molecular complexity index is 411. The molecule has 1 saturated carbocycles. The molecule has 0 aromatic carbocycles. The second-order valence-electron chi connectivity index (χ2n) is 8.20. The summed E-state index contributed by atoms with van der Waals surface area (Å²) in [4.78, 5) is 14.7. The smallest absolute Gasteiger partial charge is 0.222 e. The molecule has 1 N–H and O–H groups in total. The van der Waals surface area contributed by atoms with Gasteiger partial charge in [-0.25, -0.2) is 0 Å². The van der Waals surface area contributed by atoms with Crippen LogP contribution in [0.4, 0.5) is 0 Å². The predicted molar refractivity (Wildman–Crippen MR) is 87.7 cm³/mol. The highest BCUT2D eigenvalue weighted by Gasteiger charge is 2.51. The molecule has 3 fully saturated rings. The molecule has 2 aliphatic heterocycles. The third-order valence-corrected chi connectivity index (χ3v) is 6.39. The number of hydrogen-bond acceptors (Lipinski definition) is 3. The van der Waals surface area contributed by atoms with Crippen molar-refractivity contribution in [2.24, 2.45) is 11.3 Å². The number of hydrogen-bond donors (Lipinski definition) is 1. The van der Waals surface area contributed by atoms with E-state index in [1.165, 1.54) is 25.7 Å². The highest BCUT2D eigenvalue weighted by atomic mass is 16.5. The van der Waals surface area contributed by atoms with Crippen molar-refractivity contribution >= 4 is 5.91 Å². The zero-order chi connectivity index (χ0) is 15.9. The van der Waals surface area contributed by atoms with E-state index >= 15 is 0 Å². The van der Waals surface area contributed by atoms with Crippen molar-refractivity contribution in [1.29, 1.82) is 0 Å². The summed E-state index contributed by atoms with van der Waals surface area (Å²) in [5, 5.41) is 3.66. The average Bonchev–Trinajstić information content (AvgIpc) is 2.81. The largest absolute Gasteiger partial charge is 0.378 e. The molecule has 2 bridgehead atoms. The monoisotopic (exact) mass is 308 g/mol. The molecule has 4 nitrogen and oxygen atoms in total. The van der Waals surface area contributed by atoms with Gasteiger partial charge in [0.1, 0.15) is 0 Å². The predicted octanol–water partition coefficient (Wildman–Crippen LogP) is 2.57. The molecule has 1 amide bonds. The zero-order valence-corrected chi connectivity index (χ0v) is 14.6. The molecule has 22 heavy (non-hydrogen) atoms. The van der Waals surface area contributed by atoms with Crippen LogP contribution in [-0.2, 0) is 9.53 Å². The molecule has 3 rings (SSSR count). The molecule has 0 aromatic rings.